The number of halogens is 1. The Morgan fingerprint density at radius 3 is 2.70 bits per heavy atom. The van der Waals surface area contributed by atoms with Crippen molar-refractivity contribution in [2.75, 3.05) is 13.2 Å². The molecule has 0 aliphatic carbocycles. The molecule has 0 spiro atoms. The van der Waals surface area contributed by atoms with Gasteiger partial charge in [-0.05, 0) is 49.2 Å². The van der Waals surface area contributed by atoms with Crippen LogP contribution in [0.15, 0.2) is 21.2 Å². The van der Waals surface area contributed by atoms with Gasteiger partial charge >= 0.3 is 5.97 Å². The number of furan rings is 1. The molecule has 0 bridgehead atoms. The molecule has 126 valence electrons. The molecular weight excluding hydrogens is 362 g/mol. The van der Waals surface area contributed by atoms with Crippen molar-refractivity contribution in [2.45, 2.75) is 46.1 Å². The van der Waals surface area contributed by atoms with Crippen molar-refractivity contribution in [2.24, 2.45) is 0 Å². The summed E-state index contributed by atoms with van der Waals surface area (Å²) in [5, 5.41) is 0.820. The lowest BCUT2D eigenvalue weighted by Gasteiger charge is -2.17. The third-order valence-electron chi connectivity index (χ3n) is 3.69. The number of esters is 1. The first kappa shape index (κ1) is 17.9. The highest BCUT2D eigenvalue weighted by Crippen LogP contribution is 2.38. The Kier molecular flexibility index (Phi) is 6.18. The van der Waals surface area contributed by atoms with Crippen LogP contribution >= 0.6 is 15.9 Å². The van der Waals surface area contributed by atoms with Gasteiger partial charge in [-0.3, -0.25) is 4.79 Å². The summed E-state index contributed by atoms with van der Waals surface area (Å²) in [7, 11) is 0. The molecular formula is C17H22BrNO4. The van der Waals surface area contributed by atoms with E-state index in [4.69, 9.17) is 13.9 Å². The average Bonchev–Trinajstić information content (AvgIpc) is 2.87. The average molecular weight is 384 g/mol. The van der Waals surface area contributed by atoms with E-state index in [-0.39, 0.29) is 12.1 Å². The Morgan fingerprint density at radius 1 is 1.35 bits per heavy atom. The van der Waals surface area contributed by atoms with Crippen molar-refractivity contribution in [3.8, 4) is 0 Å². The molecule has 2 heterocycles. The van der Waals surface area contributed by atoms with Crippen LogP contribution in [-0.4, -0.2) is 24.2 Å². The van der Waals surface area contributed by atoms with Crippen LogP contribution in [0.2, 0.25) is 0 Å². The topological polar surface area (TPSA) is 61.6 Å². The second kappa shape index (κ2) is 7.93. The maximum absolute atomic E-state index is 12.4. The molecule has 23 heavy (non-hydrogen) atoms. The number of carbonyl (C=O) groups is 1. The number of carbonyl (C=O) groups excluding carboxylic acids is 1. The summed E-state index contributed by atoms with van der Waals surface area (Å²) in [4.78, 5) is 16.7. The summed E-state index contributed by atoms with van der Waals surface area (Å²) >= 11 is 3.43. The van der Waals surface area contributed by atoms with Crippen molar-refractivity contribution in [3.05, 3.63) is 28.1 Å². The molecule has 0 saturated carbocycles. The molecule has 2 aromatic heterocycles. The van der Waals surface area contributed by atoms with Crippen LogP contribution in [0.25, 0.3) is 11.1 Å². The SMILES string of the molecule is CCOC(=O)C(CC)c1c(C(C)OCC)oc2ncc(Br)cc12. The highest BCUT2D eigenvalue weighted by atomic mass is 79.9. The third-order valence-corrected chi connectivity index (χ3v) is 4.13. The van der Waals surface area contributed by atoms with Gasteiger partial charge in [0, 0.05) is 28.2 Å². The van der Waals surface area contributed by atoms with Gasteiger partial charge in [0.25, 0.3) is 0 Å². The van der Waals surface area contributed by atoms with E-state index in [1.165, 1.54) is 0 Å². The van der Waals surface area contributed by atoms with Gasteiger partial charge in [-0.2, -0.15) is 0 Å². The van der Waals surface area contributed by atoms with Crippen molar-refractivity contribution >= 4 is 33.0 Å². The quantitative estimate of drug-likeness (QED) is 0.645. The number of pyridine rings is 1. The minimum atomic E-state index is -0.398. The number of fused-ring (bicyclic) bond motifs is 1. The predicted molar refractivity (Wildman–Crippen MR) is 91.4 cm³/mol. The van der Waals surface area contributed by atoms with Crippen molar-refractivity contribution < 1.29 is 18.7 Å². The third kappa shape index (κ3) is 3.75. The molecule has 0 N–H and O–H groups in total. The number of rotatable bonds is 7. The van der Waals surface area contributed by atoms with E-state index in [2.05, 4.69) is 20.9 Å². The molecule has 0 aromatic carbocycles. The molecule has 2 rings (SSSR count). The monoisotopic (exact) mass is 383 g/mol. The van der Waals surface area contributed by atoms with Gasteiger partial charge in [-0.25, -0.2) is 4.98 Å². The normalized spacial score (nSPS) is 14.0. The summed E-state index contributed by atoms with van der Waals surface area (Å²) in [5.41, 5.74) is 1.32. The highest BCUT2D eigenvalue weighted by Gasteiger charge is 2.31. The number of aromatic nitrogens is 1. The second-order valence-corrected chi connectivity index (χ2v) is 6.11. The fourth-order valence-electron chi connectivity index (χ4n) is 2.71. The molecule has 0 saturated heterocycles. The van der Waals surface area contributed by atoms with Crippen LogP contribution in [0.1, 0.15) is 57.5 Å². The summed E-state index contributed by atoms with van der Waals surface area (Å²) in [6.07, 6.45) is 2.04. The Bertz CT molecular complexity index is 683. The van der Waals surface area contributed by atoms with Gasteiger partial charge < -0.3 is 13.9 Å². The van der Waals surface area contributed by atoms with Gasteiger partial charge in [0.1, 0.15) is 11.9 Å². The lowest BCUT2D eigenvalue weighted by Crippen LogP contribution is -2.17. The summed E-state index contributed by atoms with van der Waals surface area (Å²) in [5.74, 6) is 0.000170. The zero-order chi connectivity index (χ0) is 17.0. The Hall–Kier alpha value is -1.40. The van der Waals surface area contributed by atoms with Crippen LogP contribution in [0.3, 0.4) is 0 Å². The van der Waals surface area contributed by atoms with E-state index in [1.54, 1.807) is 13.1 Å². The molecule has 0 aliphatic heterocycles. The van der Waals surface area contributed by atoms with Gasteiger partial charge in [0.15, 0.2) is 0 Å². The van der Waals surface area contributed by atoms with Crippen LogP contribution in [0.5, 0.6) is 0 Å². The van der Waals surface area contributed by atoms with E-state index in [0.29, 0.717) is 31.1 Å². The van der Waals surface area contributed by atoms with Gasteiger partial charge in [-0.1, -0.05) is 6.92 Å². The van der Waals surface area contributed by atoms with Crippen molar-refractivity contribution in [1.82, 2.24) is 4.98 Å². The van der Waals surface area contributed by atoms with E-state index in [1.807, 2.05) is 26.8 Å². The van der Waals surface area contributed by atoms with Crippen LogP contribution in [0, 0.1) is 0 Å². The van der Waals surface area contributed by atoms with Gasteiger partial charge in [0.05, 0.1) is 12.5 Å². The van der Waals surface area contributed by atoms with Crippen molar-refractivity contribution in [3.63, 3.8) is 0 Å². The van der Waals surface area contributed by atoms with Gasteiger partial charge in [-0.15, -0.1) is 0 Å². The predicted octanol–water partition coefficient (Wildman–Crippen LogP) is 4.74. The zero-order valence-corrected chi connectivity index (χ0v) is 15.5. The lowest BCUT2D eigenvalue weighted by molar-refractivity contribution is -0.145. The standard InChI is InChI=1S/C17H22BrNO4/c1-5-12(17(20)22-7-3)14-13-8-11(18)9-19-16(13)23-15(14)10(4)21-6-2/h8-10,12H,5-7H2,1-4H3. The van der Waals surface area contributed by atoms with E-state index >= 15 is 0 Å². The maximum atomic E-state index is 12.4. The molecule has 2 aromatic rings. The molecule has 2 atom stereocenters. The first-order valence-electron chi connectivity index (χ1n) is 7.89. The first-order chi connectivity index (χ1) is 11.0. The molecule has 6 heteroatoms. The molecule has 0 fully saturated rings. The Labute approximate surface area is 144 Å². The molecule has 0 radical (unpaired) electrons. The van der Waals surface area contributed by atoms with Crippen LogP contribution < -0.4 is 0 Å². The Morgan fingerprint density at radius 2 is 2.09 bits per heavy atom. The number of hydrogen-bond acceptors (Lipinski definition) is 5. The van der Waals surface area contributed by atoms with E-state index in [9.17, 15) is 4.79 Å². The first-order valence-corrected chi connectivity index (χ1v) is 8.68. The van der Waals surface area contributed by atoms with E-state index < -0.39 is 5.92 Å². The molecule has 2 unspecified atom stereocenters. The summed E-state index contributed by atoms with van der Waals surface area (Å²) in [6, 6.07) is 1.92. The minimum Gasteiger partial charge on any atom is -0.466 e. The van der Waals surface area contributed by atoms with Crippen molar-refractivity contribution in [1.29, 1.82) is 0 Å². The largest absolute Gasteiger partial charge is 0.466 e. The molecule has 0 amide bonds. The molecule has 0 aliphatic rings. The number of hydrogen-bond donors (Lipinski definition) is 0. The molecule has 5 nitrogen and oxygen atoms in total. The number of nitrogens with zero attached hydrogens (tertiary/aromatic N) is 1. The second-order valence-electron chi connectivity index (χ2n) is 5.20. The summed E-state index contributed by atoms with van der Waals surface area (Å²) in [6.45, 7) is 8.52. The smallest absolute Gasteiger partial charge is 0.313 e. The zero-order valence-electron chi connectivity index (χ0n) is 13.9. The maximum Gasteiger partial charge on any atom is 0.313 e. The summed E-state index contributed by atoms with van der Waals surface area (Å²) < 4.78 is 17.7. The minimum absolute atomic E-state index is 0.248. The number of ether oxygens (including phenoxy) is 2. The highest BCUT2D eigenvalue weighted by molar-refractivity contribution is 9.10. The van der Waals surface area contributed by atoms with Crippen LogP contribution in [-0.2, 0) is 14.3 Å². The van der Waals surface area contributed by atoms with Gasteiger partial charge in [0.2, 0.25) is 5.71 Å². The van der Waals surface area contributed by atoms with E-state index in [0.717, 1.165) is 15.4 Å². The Balaban J connectivity index is 2.62. The van der Waals surface area contributed by atoms with Crippen LogP contribution in [0.4, 0.5) is 0 Å². The fraction of sp³-hybridized carbons (Fsp3) is 0.529. The fourth-order valence-corrected chi connectivity index (χ4v) is 3.04. The lowest BCUT2D eigenvalue weighted by atomic mass is 9.93.